The quantitative estimate of drug-likeness (QED) is 0.0233. The van der Waals surface area contributed by atoms with E-state index in [2.05, 4.69) is 50.3 Å². The molecule has 0 saturated carbocycles. The Balaban J connectivity index is 4.17. The summed E-state index contributed by atoms with van der Waals surface area (Å²) in [5.74, 6) is -1.78. The molecule has 0 saturated heterocycles. The van der Waals surface area contributed by atoms with Gasteiger partial charge >= 0.3 is 19.8 Å². The monoisotopic (exact) mass is 870 g/mol. The van der Waals surface area contributed by atoms with Gasteiger partial charge in [0.25, 0.3) is 0 Å². The number of phosphoric ester groups is 1. The molecule has 0 bridgehead atoms. The first-order valence-electron chi connectivity index (χ1n) is 24.5. The third-order valence-corrected chi connectivity index (χ3v) is 11.6. The Labute approximate surface area is 367 Å². The molecule has 10 nitrogen and oxygen atoms in total. The molecule has 0 radical (unpaired) electrons. The lowest BCUT2D eigenvalue weighted by molar-refractivity contribution is -0.154. The standard InChI is InChI=1S/C49H92NO9P/c1-3-5-7-9-11-13-15-17-19-21-23-24-26-28-30-32-34-36-38-40-42-56-43-46(44-57-60(54,55)58-45-47(50)49(52)53)59-48(51)41-39-37-35-33-31-29-27-25-22-20-18-16-14-12-10-8-6-4-2/h14,16-17,19-20,22,46-47H,3-13,15,18,21,23-45,50H2,1-2H3,(H,52,53)(H,54,55)/b16-14-,19-17-,22-20-. The van der Waals surface area contributed by atoms with Crippen LogP contribution in [0.15, 0.2) is 36.5 Å². The molecule has 0 rings (SSSR count). The third-order valence-electron chi connectivity index (χ3n) is 10.6. The maximum absolute atomic E-state index is 12.7. The predicted octanol–water partition coefficient (Wildman–Crippen LogP) is 14.0. The molecular weight excluding hydrogens is 778 g/mol. The molecule has 0 aromatic heterocycles. The van der Waals surface area contributed by atoms with E-state index < -0.39 is 45.1 Å². The molecule has 0 aliphatic heterocycles. The van der Waals surface area contributed by atoms with Gasteiger partial charge < -0.3 is 25.2 Å². The number of allylic oxidation sites excluding steroid dienone is 6. The number of phosphoric acid groups is 1. The molecule has 60 heavy (non-hydrogen) atoms. The van der Waals surface area contributed by atoms with E-state index in [1.165, 1.54) is 148 Å². The zero-order valence-corrected chi connectivity index (χ0v) is 39.5. The van der Waals surface area contributed by atoms with Crippen LogP contribution in [0.4, 0.5) is 0 Å². The van der Waals surface area contributed by atoms with Gasteiger partial charge in [0.05, 0.1) is 19.8 Å². The third kappa shape index (κ3) is 44.3. The number of aliphatic carboxylic acids is 1. The second kappa shape index (κ2) is 45.2. The van der Waals surface area contributed by atoms with Crippen LogP contribution in [-0.4, -0.2) is 60.5 Å². The van der Waals surface area contributed by atoms with Crippen molar-refractivity contribution in [2.45, 2.75) is 238 Å². The summed E-state index contributed by atoms with van der Waals surface area (Å²) in [7, 11) is -4.62. The molecule has 0 aromatic carbocycles. The Morgan fingerprint density at radius 1 is 0.533 bits per heavy atom. The van der Waals surface area contributed by atoms with Gasteiger partial charge in [0.2, 0.25) is 0 Å². The molecule has 352 valence electrons. The van der Waals surface area contributed by atoms with Crippen LogP contribution in [0.1, 0.15) is 226 Å². The summed E-state index contributed by atoms with van der Waals surface area (Å²) in [6.45, 7) is 3.88. The number of rotatable bonds is 47. The highest BCUT2D eigenvalue weighted by atomic mass is 31.2. The van der Waals surface area contributed by atoms with Crippen LogP contribution < -0.4 is 5.73 Å². The van der Waals surface area contributed by atoms with E-state index in [1.807, 2.05) is 0 Å². The van der Waals surface area contributed by atoms with E-state index in [0.29, 0.717) is 13.0 Å². The number of esters is 1. The van der Waals surface area contributed by atoms with Crippen LogP contribution in [-0.2, 0) is 32.7 Å². The lowest BCUT2D eigenvalue weighted by Crippen LogP contribution is -2.34. The van der Waals surface area contributed by atoms with Crippen molar-refractivity contribution in [3.05, 3.63) is 36.5 Å². The van der Waals surface area contributed by atoms with E-state index in [4.69, 9.17) is 29.4 Å². The molecule has 11 heteroatoms. The Morgan fingerprint density at radius 3 is 1.38 bits per heavy atom. The van der Waals surface area contributed by atoms with Crippen LogP contribution in [0.5, 0.6) is 0 Å². The molecular formula is C49H92NO9P. The van der Waals surface area contributed by atoms with Crippen molar-refractivity contribution in [2.24, 2.45) is 5.73 Å². The number of unbranched alkanes of at least 4 members (excludes halogenated alkanes) is 27. The molecule has 0 aliphatic rings. The van der Waals surface area contributed by atoms with E-state index >= 15 is 0 Å². The maximum atomic E-state index is 12.7. The van der Waals surface area contributed by atoms with Crippen LogP contribution in [0.2, 0.25) is 0 Å². The Bertz CT molecular complexity index is 1100. The van der Waals surface area contributed by atoms with E-state index in [-0.39, 0.29) is 13.0 Å². The van der Waals surface area contributed by atoms with Gasteiger partial charge in [-0.2, -0.15) is 0 Å². The first kappa shape index (κ1) is 58.2. The van der Waals surface area contributed by atoms with Gasteiger partial charge in [-0.1, -0.05) is 185 Å². The first-order valence-corrected chi connectivity index (χ1v) is 26.0. The van der Waals surface area contributed by atoms with Crippen LogP contribution in [0.3, 0.4) is 0 Å². The van der Waals surface area contributed by atoms with Gasteiger partial charge in [-0.05, 0) is 70.6 Å². The fourth-order valence-electron chi connectivity index (χ4n) is 6.81. The highest BCUT2D eigenvalue weighted by Gasteiger charge is 2.27. The largest absolute Gasteiger partial charge is 0.480 e. The summed E-state index contributed by atoms with van der Waals surface area (Å²) in [5.41, 5.74) is 5.37. The molecule has 0 amide bonds. The van der Waals surface area contributed by atoms with Crippen molar-refractivity contribution in [3.8, 4) is 0 Å². The average Bonchev–Trinajstić information content (AvgIpc) is 3.23. The molecule has 0 fully saturated rings. The number of hydrogen-bond donors (Lipinski definition) is 3. The second-order valence-electron chi connectivity index (χ2n) is 16.6. The molecule has 0 aliphatic carbocycles. The molecule has 3 unspecified atom stereocenters. The second-order valence-corrected chi connectivity index (χ2v) is 18.0. The van der Waals surface area contributed by atoms with Crippen molar-refractivity contribution in [2.75, 3.05) is 26.4 Å². The fraction of sp³-hybridized carbons (Fsp3) is 0.837. The summed E-state index contributed by atoms with van der Waals surface area (Å²) in [6.07, 6.45) is 51.9. The van der Waals surface area contributed by atoms with Gasteiger partial charge in [-0.25, -0.2) is 4.57 Å². The number of nitrogens with two attached hydrogens (primary N) is 1. The van der Waals surface area contributed by atoms with Gasteiger partial charge in [0, 0.05) is 13.0 Å². The predicted molar refractivity (Wildman–Crippen MR) is 249 cm³/mol. The van der Waals surface area contributed by atoms with Gasteiger partial charge in [-0.3, -0.25) is 18.6 Å². The van der Waals surface area contributed by atoms with Crippen LogP contribution >= 0.6 is 7.82 Å². The number of hydrogen-bond acceptors (Lipinski definition) is 8. The number of carbonyl (C=O) groups excluding carboxylic acids is 1. The van der Waals surface area contributed by atoms with E-state index in [1.54, 1.807) is 0 Å². The number of ether oxygens (including phenoxy) is 2. The minimum absolute atomic E-state index is 0.0142. The zero-order valence-electron chi connectivity index (χ0n) is 38.6. The minimum atomic E-state index is -4.62. The Hall–Kier alpha value is -1.81. The first-order chi connectivity index (χ1) is 29.2. The molecule has 4 N–H and O–H groups in total. The smallest absolute Gasteiger partial charge is 0.472 e. The van der Waals surface area contributed by atoms with Crippen LogP contribution in [0, 0.1) is 0 Å². The SMILES string of the molecule is CCCCCC/C=C\C/C=C\CCCCCCCCCC(=O)OC(COCCCCCCCCCCCC/C=C\CCCCCCCC)COP(=O)(O)OCC(N)C(=O)O. The summed E-state index contributed by atoms with van der Waals surface area (Å²) in [5, 5.41) is 8.92. The van der Waals surface area contributed by atoms with Crippen molar-refractivity contribution in [3.63, 3.8) is 0 Å². The van der Waals surface area contributed by atoms with Gasteiger partial charge in [0.1, 0.15) is 12.1 Å². The lowest BCUT2D eigenvalue weighted by Gasteiger charge is -2.20. The fourth-order valence-corrected chi connectivity index (χ4v) is 7.58. The molecule has 0 heterocycles. The van der Waals surface area contributed by atoms with Crippen molar-refractivity contribution >= 4 is 19.8 Å². The highest BCUT2D eigenvalue weighted by Crippen LogP contribution is 2.43. The summed E-state index contributed by atoms with van der Waals surface area (Å²) >= 11 is 0. The minimum Gasteiger partial charge on any atom is -0.480 e. The summed E-state index contributed by atoms with van der Waals surface area (Å²) in [4.78, 5) is 33.6. The van der Waals surface area contributed by atoms with Gasteiger partial charge in [0.15, 0.2) is 0 Å². The van der Waals surface area contributed by atoms with Crippen molar-refractivity contribution in [1.82, 2.24) is 0 Å². The highest BCUT2D eigenvalue weighted by molar-refractivity contribution is 7.47. The van der Waals surface area contributed by atoms with E-state index in [9.17, 15) is 19.0 Å². The average molecular weight is 870 g/mol. The molecule has 3 atom stereocenters. The normalized spacial score (nSPS) is 14.1. The summed E-state index contributed by atoms with van der Waals surface area (Å²) < 4.78 is 33.5. The number of carboxylic acids is 1. The van der Waals surface area contributed by atoms with E-state index in [0.717, 1.165) is 51.4 Å². The number of carboxylic acid groups (broad SMARTS) is 1. The Kier molecular flexibility index (Phi) is 43.9. The van der Waals surface area contributed by atoms with Gasteiger partial charge in [-0.15, -0.1) is 0 Å². The number of carbonyl (C=O) groups is 2. The molecule has 0 spiro atoms. The summed E-state index contributed by atoms with van der Waals surface area (Å²) in [6, 6.07) is -1.47. The van der Waals surface area contributed by atoms with Crippen LogP contribution in [0.25, 0.3) is 0 Å². The topological polar surface area (TPSA) is 155 Å². The molecule has 0 aromatic rings. The van der Waals surface area contributed by atoms with Crippen molar-refractivity contribution < 1.29 is 42.7 Å². The lowest BCUT2D eigenvalue weighted by atomic mass is 10.1. The maximum Gasteiger partial charge on any atom is 0.472 e. The zero-order chi connectivity index (χ0) is 44.0. The van der Waals surface area contributed by atoms with Crippen molar-refractivity contribution in [1.29, 1.82) is 0 Å². The Morgan fingerprint density at radius 2 is 0.917 bits per heavy atom.